The molecule has 1 saturated heterocycles. The minimum atomic E-state index is -0.144. The van der Waals surface area contributed by atoms with E-state index >= 15 is 0 Å². The fourth-order valence-electron chi connectivity index (χ4n) is 4.97. The number of amides is 2. The van der Waals surface area contributed by atoms with E-state index in [1.807, 2.05) is 25.1 Å². The summed E-state index contributed by atoms with van der Waals surface area (Å²) in [6, 6.07) is 5.78. The molecule has 9 heteroatoms. The van der Waals surface area contributed by atoms with E-state index in [4.69, 9.17) is 9.47 Å². The van der Waals surface area contributed by atoms with Crippen LogP contribution in [0.25, 0.3) is 0 Å². The van der Waals surface area contributed by atoms with Gasteiger partial charge in [-0.05, 0) is 42.9 Å². The number of hydrogen-bond acceptors (Lipinski definition) is 5. The first kappa shape index (κ1) is 24.3. The number of imide groups is 1. The van der Waals surface area contributed by atoms with Gasteiger partial charge in [0.15, 0.2) is 17.5 Å². The number of carbonyl (C=O) groups is 2. The third-order valence-electron chi connectivity index (χ3n) is 6.40. The number of carbonyl (C=O) groups excluding carboxylic acids is 2. The number of likely N-dealkylation sites (tertiary alicyclic amines) is 1. The highest BCUT2D eigenvalue weighted by molar-refractivity contribution is 14.0. The maximum absolute atomic E-state index is 12.8. The van der Waals surface area contributed by atoms with Gasteiger partial charge >= 0.3 is 0 Å². The predicted octanol–water partition coefficient (Wildman–Crippen LogP) is 2.18. The second-order valence-corrected chi connectivity index (χ2v) is 8.10. The summed E-state index contributed by atoms with van der Waals surface area (Å²) >= 11 is 0. The molecular formula is C23H31IN4O4. The van der Waals surface area contributed by atoms with E-state index in [1.54, 1.807) is 14.2 Å². The van der Waals surface area contributed by atoms with Crippen LogP contribution < -0.4 is 20.1 Å². The summed E-state index contributed by atoms with van der Waals surface area (Å²) < 4.78 is 10.9. The summed E-state index contributed by atoms with van der Waals surface area (Å²) in [5.74, 6) is 2.16. The smallest absolute Gasteiger partial charge is 0.233 e. The highest BCUT2D eigenvalue weighted by Gasteiger charge is 2.58. The number of halogens is 1. The van der Waals surface area contributed by atoms with Gasteiger partial charge in [0.25, 0.3) is 0 Å². The van der Waals surface area contributed by atoms with Gasteiger partial charge < -0.3 is 20.1 Å². The second kappa shape index (κ2) is 10.5. The predicted molar refractivity (Wildman–Crippen MR) is 132 cm³/mol. The molecule has 174 valence electrons. The average Bonchev–Trinajstić information content (AvgIpc) is 3.46. The number of fused-ring (bicyclic) bond motifs is 5. The van der Waals surface area contributed by atoms with Gasteiger partial charge in [0.05, 0.1) is 25.6 Å². The molecule has 2 aliphatic carbocycles. The molecule has 4 rings (SSSR count). The average molecular weight is 554 g/mol. The van der Waals surface area contributed by atoms with Crippen LogP contribution in [0.1, 0.15) is 18.9 Å². The lowest BCUT2D eigenvalue weighted by Gasteiger charge is -2.19. The van der Waals surface area contributed by atoms with E-state index in [-0.39, 0.29) is 59.5 Å². The minimum Gasteiger partial charge on any atom is -0.493 e. The van der Waals surface area contributed by atoms with Gasteiger partial charge in [-0.25, -0.2) is 0 Å². The van der Waals surface area contributed by atoms with Crippen LogP contribution in [-0.4, -0.2) is 56.5 Å². The van der Waals surface area contributed by atoms with E-state index in [1.165, 1.54) is 4.90 Å². The van der Waals surface area contributed by atoms with Gasteiger partial charge in [-0.2, -0.15) is 0 Å². The number of hydrogen-bond donors (Lipinski definition) is 2. The van der Waals surface area contributed by atoms with Crippen molar-refractivity contribution in [3.8, 4) is 11.5 Å². The fraction of sp³-hybridized carbons (Fsp3) is 0.522. The van der Waals surface area contributed by atoms with Crippen molar-refractivity contribution in [3.05, 3.63) is 35.9 Å². The van der Waals surface area contributed by atoms with Crippen LogP contribution in [0, 0.1) is 23.7 Å². The zero-order chi connectivity index (χ0) is 22.0. The standard InChI is InChI=1S/C23H30N4O4.HI/c1-4-31-17-8-5-14(11-18(17)30-3)13-26-23(24-2)25-9-10-27-21(28)19-15-6-7-16(12-15)20(19)22(27)29;/h5-8,11,15-16,19-20H,4,9-10,12-13H2,1-3H3,(H2,24,25,26);1H. The van der Waals surface area contributed by atoms with Gasteiger partial charge in [0.1, 0.15) is 0 Å². The van der Waals surface area contributed by atoms with Gasteiger partial charge in [-0.3, -0.25) is 19.5 Å². The maximum Gasteiger partial charge on any atom is 0.233 e. The Labute approximate surface area is 205 Å². The molecule has 2 amide bonds. The number of allylic oxidation sites excluding steroid dienone is 2. The van der Waals surface area contributed by atoms with Crippen molar-refractivity contribution in [1.29, 1.82) is 0 Å². The van der Waals surface area contributed by atoms with Gasteiger partial charge in [0.2, 0.25) is 11.8 Å². The summed E-state index contributed by atoms with van der Waals surface area (Å²) in [7, 11) is 3.31. The van der Waals surface area contributed by atoms with Crippen molar-refractivity contribution >= 4 is 41.8 Å². The van der Waals surface area contributed by atoms with Crippen LogP contribution in [0.5, 0.6) is 11.5 Å². The third kappa shape index (κ3) is 4.57. The molecule has 4 unspecified atom stereocenters. The molecule has 2 N–H and O–H groups in total. The highest BCUT2D eigenvalue weighted by Crippen LogP contribution is 2.52. The normalized spacial score (nSPS) is 25.6. The topological polar surface area (TPSA) is 92.3 Å². The molecule has 1 saturated carbocycles. The summed E-state index contributed by atoms with van der Waals surface area (Å²) in [6.45, 7) is 3.85. The lowest BCUT2D eigenvalue weighted by atomic mass is 9.85. The van der Waals surface area contributed by atoms with Crippen LogP contribution in [0.3, 0.4) is 0 Å². The molecule has 2 fully saturated rings. The molecule has 0 aromatic heterocycles. The van der Waals surface area contributed by atoms with E-state index < -0.39 is 0 Å². The molecule has 4 atom stereocenters. The number of rotatable bonds is 8. The van der Waals surface area contributed by atoms with E-state index in [0.717, 1.165) is 12.0 Å². The fourth-order valence-corrected chi connectivity index (χ4v) is 4.97. The Balaban J connectivity index is 0.00000289. The first-order chi connectivity index (χ1) is 15.1. The first-order valence-electron chi connectivity index (χ1n) is 10.8. The lowest BCUT2D eigenvalue weighted by molar-refractivity contribution is -0.140. The summed E-state index contributed by atoms with van der Waals surface area (Å²) in [6.07, 6.45) is 5.17. The van der Waals surface area contributed by atoms with Gasteiger partial charge in [-0.15, -0.1) is 24.0 Å². The van der Waals surface area contributed by atoms with Crippen LogP contribution in [-0.2, 0) is 16.1 Å². The van der Waals surface area contributed by atoms with Crippen molar-refractivity contribution in [3.63, 3.8) is 0 Å². The molecule has 2 bridgehead atoms. The number of benzene rings is 1. The Hall–Kier alpha value is -2.30. The molecule has 32 heavy (non-hydrogen) atoms. The zero-order valence-corrected chi connectivity index (χ0v) is 21.0. The molecule has 0 spiro atoms. The van der Waals surface area contributed by atoms with Crippen molar-refractivity contribution < 1.29 is 19.1 Å². The lowest BCUT2D eigenvalue weighted by Crippen LogP contribution is -2.43. The van der Waals surface area contributed by atoms with E-state index in [2.05, 4.69) is 27.8 Å². The first-order valence-corrected chi connectivity index (χ1v) is 10.8. The minimum absolute atomic E-state index is 0. The largest absolute Gasteiger partial charge is 0.493 e. The number of guanidine groups is 1. The number of methoxy groups -OCH3 is 1. The molecule has 1 heterocycles. The Kier molecular flexibility index (Phi) is 8.02. The zero-order valence-electron chi connectivity index (χ0n) is 18.7. The monoisotopic (exact) mass is 554 g/mol. The van der Waals surface area contributed by atoms with Crippen LogP contribution in [0.4, 0.5) is 0 Å². The van der Waals surface area contributed by atoms with Crippen molar-refractivity contribution in [2.75, 3.05) is 33.9 Å². The SMILES string of the molecule is CCOc1ccc(CNC(=NC)NCCN2C(=O)C3C4C=CC(C4)C3C2=O)cc1OC.I. The number of nitrogens with zero attached hydrogens (tertiary/aromatic N) is 2. The Bertz CT molecular complexity index is 889. The Morgan fingerprint density at radius 2 is 1.81 bits per heavy atom. The van der Waals surface area contributed by atoms with Crippen molar-refractivity contribution in [1.82, 2.24) is 15.5 Å². The molecule has 1 aromatic rings. The Morgan fingerprint density at radius 1 is 1.12 bits per heavy atom. The van der Waals surface area contributed by atoms with E-state index in [9.17, 15) is 9.59 Å². The molecular weight excluding hydrogens is 523 g/mol. The van der Waals surface area contributed by atoms with Crippen LogP contribution in [0.15, 0.2) is 35.3 Å². The highest BCUT2D eigenvalue weighted by atomic mass is 127. The molecule has 1 aliphatic heterocycles. The molecule has 1 aromatic carbocycles. The Morgan fingerprint density at radius 3 is 2.41 bits per heavy atom. The molecule has 3 aliphatic rings. The number of ether oxygens (including phenoxy) is 2. The summed E-state index contributed by atoms with van der Waals surface area (Å²) in [5.41, 5.74) is 1.02. The van der Waals surface area contributed by atoms with Crippen LogP contribution in [0.2, 0.25) is 0 Å². The quantitative estimate of drug-likeness (QED) is 0.168. The summed E-state index contributed by atoms with van der Waals surface area (Å²) in [4.78, 5) is 31.2. The van der Waals surface area contributed by atoms with Crippen molar-refractivity contribution in [2.24, 2.45) is 28.7 Å². The molecule has 8 nitrogen and oxygen atoms in total. The number of aliphatic imine (C=N–C) groups is 1. The number of nitrogens with one attached hydrogen (secondary N) is 2. The second-order valence-electron chi connectivity index (χ2n) is 8.10. The maximum atomic E-state index is 12.8. The summed E-state index contributed by atoms with van der Waals surface area (Å²) in [5, 5.41) is 6.44. The molecule has 0 radical (unpaired) electrons. The third-order valence-corrected chi connectivity index (χ3v) is 6.40. The van der Waals surface area contributed by atoms with Gasteiger partial charge in [0, 0.05) is 26.7 Å². The van der Waals surface area contributed by atoms with Crippen molar-refractivity contribution in [2.45, 2.75) is 19.9 Å². The van der Waals surface area contributed by atoms with Gasteiger partial charge in [-0.1, -0.05) is 18.2 Å². The van der Waals surface area contributed by atoms with E-state index in [0.29, 0.717) is 43.7 Å². The van der Waals surface area contributed by atoms with Crippen LogP contribution >= 0.6 is 24.0 Å².